The van der Waals surface area contributed by atoms with Crippen molar-refractivity contribution < 1.29 is 0 Å². The van der Waals surface area contributed by atoms with Crippen LogP contribution in [-0.4, -0.2) is 20.2 Å². The summed E-state index contributed by atoms with van der Waals surface area (Å²) in [4.78, 5) is 0. The molecule has 16 heavy (non-hydrogen) atoms. The number of hydrogen-bond donors (Lipinski definition) is 1. The van der Waals surface area contributed by atoms with Crippen molar-refractivity contribution in [2.24, 2.45) is 7.05 Å². The molecule has 0 amide bonds. The van der Waals surface area contributed by atoms with Crippen molar-refractivity contribution in [3.63, 3.8) is 0 Å². The highest BCUT2D eigenvalue weighted by Crippen LogP contribution is 2.25. The predicted molar refractivity (Wildman–Crippen MR) is 64.2 cm³/mol. The third-order valence-corrected chi connectivity index (χ3v) is 3.34. The van der Waals surface area contributed by atoms with Crippen molar-refractivity contribution in [1.29, 1.82) is 0 Å². The van der Waals surface area contributed by atoms with E-state index < -0.39 is 0 Å². The first-order chi connectivity index (χ1) is 7.66. The fraction of sp³-hybridized carbons (Fsp3) is 0.222. The lowest BCUT2D eigenvalue weighted by atomic mass is 10.2. The van der Waals surface area contributed by atoms with Gasteiger partial charge in [0, 0.05) is 23.5 Å². The lowest BCUT2D eigenvalue weighted by Gasteiger charge is -2.04. The molecule has 0 aliphatic heterocycles. The highest BCUT2D eigenvalue weighted by molar-refractivity contribution is 7.98. The van der Waals surface area contributed by atoms with E-state index >= 15 is 0 Å². The Morgan fingerprint density at radius 3 is 3.00 bits per heavy atom. The lowest BCUT2D eigenvalue weighted by molar-refractivity contribution is 0.664. The average Bonchev–Trinajstić information content (AvgIpc) is 2.66. The molecule has 1 aromatic carbocycles. The number of nitrogens with zero attached hydrogens (tertiary/aromatic N) is 4. The highest BCUT2D eigenvalue weighted by atomic mass is 35.5. The van der Waals surface area contributed by atoms with Crippen molar-refractivity contribution in [1.82, 2.24) is 20.2 Å². The topological polar surface area (TPSA) is 69.6 Å². The van der Waals surface area contributed by atoms with Crippen LogP contribution in [0.3, 0.4) is 0 Å². The molecule has 0 saturated carbocycles. The van der Waals surface area contributed by atoms with Gasteiger partial charge in [0.05, 0.1) is 0 Å². The van der Waals surface area contributed by atoms with Crippen molar-refractivity contribution in [2.75, 3.05) is 5.73 Å². The van der Waals surface area contributed by atoms with E-state index in [1.807, 2.05) is 6.07 Å². The van der Waals surface area contributed by atoms with Crippen molar-refractivity contribution >= 4 is 29.1 Å². The zero-order valence-corrected chi connectivity index (χ0v) is 10.2. The molecule has 0 unspecified atom stereocenters. The van der Waals surface area contributed by atoms with E-state index in [1.54, 1.807) is 23.9 Å². The molecule has 5 nitrogen and oxygen atoms in total. The molecule has 0 saturated heterocycles. The van der Waals surface area contributed by atoms with Crippen molar-refractivity contribution in [2.45, 2.75) is 10.9 Å². The van der Waals surface area contributed by atoms with Crippen LogP contribution < -0.4 is 5.73 Å². The van der Waals surface area contributed by atoms with Crippen LogP contribution in [0.1, 0.15) is 5.56 Å². The average molecular weight is 256 g/mol. The molecule has 0 fully saturated rings. The normalized spacial score (nSPS) is 10.6. The first-order valence-electron chi connectivity index (χ1n) is 4.56. The third kappa shape index (κ3) is 2.45. The number of anilines is 1. The van der Waals surface area contributed by atoms with Gasteiger partial charge >= 0.3 is 0 Å². The number of nitrogens with two attached hydrogens (primary N) is 1. The van der Waals surface area contributed by atoms with Gasteiger partial charge in [-0.05, 0) is 34.2 Å². The lowest BCUT2D eigenvalue weighted by Crippen LogP contribution is -1.95. The van der Waals surface area contributed by atoms with Crippen LogP contribution in [0.15, 0.2) is 23.4 Å². The number of thioether (sulfide) groups is 1. The maximum atomic E-state index is 5.90. The molecule has 84 valence electrons. The van der Waals surface area contributed by atoms with Crippen LogP contribution in [0.4, 0.5) is 5.69 Å². The van der Waals surface area contributed by atoms with Gasteiger partial charge in [-0.2, -0.15) is 0 Å². The summed E-state index contributed by atoms with van der Waals surface area (Å²) in [5.41, 5.74) is 7.55. The first kappa shape index (κ1) is 11.2. The van der Waals surface area contributed by atoms with Gasteiger partial charge in [0.15, 0.2) is 0 Å². The van der Waals surface area contributed by atoms with E-state index in [-0.39, 0.29) is 0 Å². The van der Waals surface area contributed by atoms with Gasteiger partial charge in [0.1, 0.15) is 0 Å². The van der Waals surface area contributed by atoms with Gasteiger partial charge < -0.3 is 5.73 Å². The maximum Gasteiger partial charge on any atom is 0.209 e. The summed E-state index contributed by atoms with van der Waals surface area (Å²) >= 11 is 7.42. The quantitative estimate of drug-likeness (QED) is 0.668. The molecule has 2 aromatic rings. The Morgan fingerprint density at radius 2 is 2.31 bits per heavy atom. The zero-order valence-electron chi connectivity index (χ0n) is 8.59. The van der Waals surface area contributed by atoms with E-state index in [9.17, 15) is 0 Å². The van der Waals surface area contributed by atoms with Crippen molar-refractivity contribution in [3.8, 4) is 0 Å². The van der Waals surface area contributed by atoms with E-state index in [4.69, 9.17) is 17.3 Å². The second-order valence-corrected chi connectivity index (χ2v) is 4.60. The maximum absolute atomic E-state index is 5.90. The second kappa shape index (κ2) is 4.71. The number of benzene rings is 1. The number of tetrazole rings is 1. The minimum atomic E-state index is 0.681. The summed E-state index contributed by atoms with van der Waals surface area (Å²) in [6.45, 7) is 0. The Kier molecular flexibility index (Phi) is 3.31. The number of halogens is 1. The Hall–Kier alpha value is -1.27. The number of hydrogen-bond acceptors (Lipinski definition) is 5. The smallest absolute Gasteiger partial charge is 0.209 e. The van der Waals surface area contributed by atoms with Crippen LogP contribution in [0.5, 0.6) is 0 Å². The Labute approximate surface area is 102 Å². The molecule has 0 atom stereocenters. The van der Waals surface area contributed by atoms with Gasteiger partial charge in [0.25, 0.3) is 0 Å². The van der Waals surface area contributed by atoms with Gasteiger partial charge in [0.2, 0.25) is 5.16 Å². The molecule has 0 radical (unpaired) electrons. The van der Waals surface area contributed by atoms with Gasteiger partial charge in [-0.25, -0.2) is 4.68 Å². The van der Waals surface area contributed by atoms with Crippen molar-refractivity contribution in [3.05, 3.63) is 28.8 Å². The molecule has 2 rings (SSSR count). The number of aromatic nitrogens is 4. The second-order valence-electron chi connectivity index (χ2n) is 3.22. The third-order valence-electron chi connectivity index (χ3n) is 2.04. The van der Waals surface area contributed by atoms with Crippen LogP contribution in [0.2, 0.25) is 5.02 Å². The summed E-state index contributed by atoms with van der Waals surface area (Å²) in [6, 6.07) is 5.43. The molecule has 0 aliphatic carbocycles. The molecule has 7 heteroatoms. The molecule has 1 heterocycles. The fourth-order valence-corrected chi connectivity index (χ4v) is 2.23. The monoisotopic (exact) mass is 255 g/mol. The SMILES string of the molecule is Cn1nnnc1SCc1cc(Cl)ccc1N. The zero-order chi connectivity index (χ0) is 11.5. The Morgan fingerprint density at radius 1 is 1.50 bits per heavy atom. The van der Waals surface area contributed by atoms with Gasteiger partial charge in [-0.1, -0.05) is 23.4 Å². The molecule has 0 aliphatic rings. The first-order valence-corrected chi connectivity index (χ1v) is 5.92. The standard InChI is InChI=1S/C9H10ClN5S/c1-15-9(12-13-14-15)16-5-6-4-7(10)2-3-8(6)11/h2-4H,5,11H2,1H3. The number of nitrogen functional groups attached to an aromatic ring is 1. The summed E-state index contributed by atoms with van der Waals surface area (Å²) in [6.07, 6.45) is 0. The summed E-state index contributed by atoms with van der Waals surface area (Å²) in [7, 11) is 1.80. The van der Waals surface area contributed by atoms with Crippen LogP contribution in [0.25, 0.3) is 0 Å². The van der Waals surface area contributed by atoms with E-state index in [2.05, 4.69) is 15.5 Å². The molecular formula is C9H10ClN5S. The fourth-order valence-electron chi connectivity index (χ4n) is 1.19. The highest BCUT2D eigenvalue weighted by Gasteiger charge is 2.06. The minimum absolute atomic E-state index is 0.681. The van der Waals surface area contributed by atoms with E-state index in [0.29, 0.717) is 10.8 Å². The molecule has 0 spiro atoms. The van der Waals surface area contributed by atoms with Gasteiger partial charge in [-0.15, -0.1) is 5.10 Å². The van der Waals surface area contributed by atoms with Crippen LogP contribution in [-0.2, 0) is 12.8 Å². The van der Waals surface area contributed by atoms with Crippen LogP contribution >= 0.6 is 23.4 Å². The molecular weight excluding hydrogens is 246 g/mol. The van der Waals surface area contributed by atoms with Gasteiger partial charge in [-0.3, -0.25) is 0 Å². The van der Waals surface area contributed by atoms with Crippen LogP contribution in [0, 0.1) is 0 Å². The summed E-state index contributed by atoms with van der Waals surface area (Å²) in [5, 5.41) is 12.6. The molecule has 0 bridgehead atoms. The summed E-state index contributed by atoms with van der Waals surface area (Å²) < 4.78 is 1.62. The number of aryl methyl sites for hydroxylation is 1. The largest absolute Gasteiger partial charge is 0.398 e. The van der Waals surface area contributed by atoms with E-state index in [1.165, 1.54) is 11.8 Å². The summed E-state index contributed by atoms with van der Waals surface area (Å²) in [5.74, 6) is 0.695. The predicted octanol–water partition coefficient (Wildman–Crippen LogP) is 1.74. The minimum Gasteiger partial charge on any atom is -0.398 e. The Balaban J connectivity index is 2.10. The molecule has 1 aromatic heterocycles. The Bertz CT molecular complexity index is 498. The number of rotatable bonds is 3. The molecule has 2 N–H and O–H groups in total. The van der Waals surface area contributed by atoms with E-state index in [0.717, 1.165) is 16.4 Å².